The van der Waals surface area contributed by atoms with Gasteiger partial charge in [-0.1, -0.05) is 0 Å². The summed E-state index contributed by atoms with van der Waals surface area (Å²) in [5.74, 6) is -0.976. The second-order valence-corrected chi connectivity index (χ2v) is 6.12. The quantitative estimate of drug-likeness (QED) is 0.798. The molecule has 0 atom stereocenters. The number of carboxylic acids is 1. The summed E-state index contributed by atoms with van der Waals surface area (Å²) >= 11 is 0. The third-order valence-corrected chi connectivity index (χ3v) is 4.25. The fourth-order valence-electron chi connectivity index (χ4n) is 1.64. The summed E-state index contributed by atoms with van der Waals surface area (Å²) in [6.07, 6.45) is 1.55. The lowest BCUT2D eigenvalue weighted by atomic mass is 10.4. The number of anilines is 1. The van der Waals surface area contributed by atoms with Crippen molar-refractivity contribution in [3.05, 3.63) is 12.0 Å². The van der Waals surface area contributed by atoms with E-state index in [0.717, 1.165) is 6.26 Å². The van der Waals surface area contributed by atoms with Crippen molar-refractivity contribution in [3.8, 4) is 0 Å². The molecule has 1 aliphatic rings. The van der Waals surface area contributed by atoms with Gasteiger partial charge in [0.1, 0.15) is 6.26 Å². The maximum Gasteiger partial charge on any atom is 0.357 e. The van der Waals surface area contributed by atoms with Gasteiger partial charge in [-0.25, -0.2) is 13.2 Å². The molecule has 8 heteroatoms. The topological polar surface area (TPSA) is 101 Å². The molecular weight excluding hydrogens is 248 g/mol. The van der Waals surface area contributed by atoms with Crippen molar-refractivity contribution in [2.24, 2.45) is 0 Å². The molecule has 17 heavy (non-hydrogen) atoms. The van der Waals surface area contributed by atoms with Crippen LogP contribution in [0.3, 0.4) is 0 Å². The van der Waals surface area contributed by atoms with Crippen LogP contribution in [0.5, 0.6) is 0 Å². The van der Waals surface area contributed by atoms with E-state index in [2.05, 4.69) is 4.98 Å². The zero-order valence-electron chi connectivity index (χ0n) is 9.00. The molecule has 0 bridgehead atoms. The Kier molecular flexibility index (Phi) is 3.05. The maximum absolute atomic E-state index is 11.4. The first-order valence-electron chi connectivity index (χ1n) is 5.12. The number of carboxylic acid groups (broad SMARTS) is 1. The molecule has 0 aromatic carbocycles. The summed E-state index contributed by atoms with van der Waals surface area (Å²) in [5, 5.41) is 8.70. The number of aromatic nitrogens is 1. The first-order valence-corrected chi connectivity index (χ1v) is 6.94. The van der Waals surface area contributed by atoms with Crippen LogP contribution in [-0.4, -0.2) is 49.1 Å². The number of rotatable bonds is 2. The van der Waals surface area contributed by atoms with Gasteiger partial charge in [0.05, 0.1) is 11.5 Å². The van der Waals surface area contributed by atoms with E-state index in [1.165, 1.54) is 0 Å². The fourth-order valence-corrected chi connectivity index (χ4v) is 2.91. The molecule has 1 N–H and O–H groups in total. The van der Waals surface area contributed by atoms with Crippen LogP contribution in [0.4, 0.5) is 6.01 Å². The highest BCUT2D eigenvalue weighted by Gasteiger charge is 2.22. The molecule has 0 unspecified atom stereocenters. The Morgan fingerprint density at radius 1 is 1.41 bits per heavy atom. The lowest BCUT2D eigenvalue weighted by Gasteiger charge is -2.16. The molecule has 0 radical (unpaired) electrons. The van der Waals surface area contributed by atoms with Gasteiger partial charge in [-0.15, -0.1) is 0 Å². The highest BCUT2D eigenvalue weighted by Crippen LogP contribution is 2.16. The van der Waals surface area contributed by atoms with Crippen LogP contribution in [0, 0.1) is 0 Å². The van der Waals surface area contributed by atoms with Crippen molar-refractivity contribution in [1.82, 2.24) is 4.98 Å². The Hall–Kier alpha value is -1.57. The van der Waals surface area contributed by atoms with Gasteiger partial charge in [-0.2, -0.15) is 4.98 Å². The third kappa shape index (κ3) is 2.76. The molecule has 0 amide bonds. The lowest BCUT2D eigenvalue weighted by Crippen LogP contribution is -2.27. The summed E-state index contributed by atoms with van der Waals surface area (Å²) < 4.78 is 27.8. The summed E-state index contributed by atoms with van der Waals surface area (Å²) in [6, 6.07) is 0.166. The molecule has 1 fully saturated rings. The van der Waals surface area contributed by atoms with Gasteiger partial charge in [-0.3, -0.25) is 0 Å². The van der Waals surface area contributed by atoms with E-state index in [9.17, 15) is 13.2 Å². The van der Waals surface area contributed by atoms with E-state index < -0.39 is 15.8 Å². The predicted octanol–water partition coefficient (Wildman–Crippen LogP) is -0.00230. The van der Waals surface area contributed by atoms with Crippen LogP contribution >= 0.6 is 0 Å². The number of nitrogens with zero attached hydrogens (tertiary/aromatic N) is 2. The van der Waals surface area contributed by atoms with Crippen molar-refractivity contribution in [2.45, 2.75) is 6.42 Å². The SMILES string of the molecule is O=C(O)c1coc(N2CCCS(=O)(=O)CC2)n1. The Labute approximate surface area is 98.0 Å². The van der Waals surface area contributed by atoms with Gasteiger partial charge in [0.2, 0.25) is 0 Å². The van der Waals surface area contributed by atoms with Crippen LogP contribution in [-0.2, 0) is 9.84 Å². The summed E-state index contributed by atoms with van der Waals surface area (Å²) in [7, 11) is -3.00. The minimum absolute atomic E-state index is 0.0395. The Morgan fingerprint density at radius 2 is 2.18 bits per heavy atom. The molecule has 1 saturated heterocycles. The zero-order valence-corrected chi connectivity index (χ0v) is 9.81. The van der Waals surface area contributed by atoms with Crippen molar-refractivity contribution in [3.63, 3.8) is 0 Å². The van der Waals surface area contributed by atoms with Crippen LogP contribution in [0.2, 0.25) is 0 Å². The highest BCUT2D eigenvalue weighted by molar-refractivity contribution is 7.91. The summed E-state index contributed by atoms with van der Waals surface area (Å²) in [5.41, 5.74) is -0.174. The van der Waals surface area contributed by atoms with E-state index >= 15 is 0 Å². The number of carbonyl (C=O) groups is 1. The van der Waals surface area contributed by atoms with Crippen molar-refractivity contribution < 1.29 is 22.7 Å². The monoisotopic (exact) mass is 260 g/mol. The minimum Gasteiger partial charge on any atom is -0.476 e. The van der Waals surface area contributed by atoms with Gasteiger partial charge < -0.3 is 14.4 Å². The van der Waals surface area contributed by atoms with E-state index in [0.29, 0.717) is 13.0 Å². The first-order chi connectivity index (χ1) is 7.98. The number of hydrogen-bond donors (Lipinski definition) is 1. The van der Waals surface area contributed by atoms with Crippen LogP contribution in [0.25, 0.3) is 0 Å². The summed E-state index contributed by atoms with van der Waals surface area (Å²) in [4.78, 5) is 16.1. The van der Waals surface area contributed by atoms with Crippen molar-refractivity contribution in [1.29, 1.82) is 0 Å². The second-order valence-electron chi connectivity index (χ2n) is 3.81. The van der Waals surface area contributed by atoms with E-state index in [1.54, 1.807) is 4.90 Å². The molecule has 1 aromatic rings. The standard InChI is InChI=1S/C9H12N2O5S/c12-8(13)7-6-16-9(10-7)11-2-1-4-17(14,15)5-3-11/h6H,1-5H2,(H,12,13). The number of hydrogen-bond acceptors (Lipinski definition) is 6. The van der Waals surface area contributed by atoms with Crippen LogP contribution < -0.4 is 4.90 Å². The van der Waals surface area contributed by atoms with Crippen molar-refractivity contribution >= 4 is 21.8 Å². The van der Waals surface area contributed by atoms with Crippen molar-refractivity contribution in [2.75, 3.05) is 29.5 Å². The van der Waals surface area contributed by atoms with Gasteiger partial charge >= 0.3 is 5.97 Å². The van der Waals surface area contributed by atoms with E-state index in [1.807, 2.05) is 0 Å². The molecule has 0 aliphatic carbocycles. The largest absolute Gasteiger partial charge is 0.476 e. The third-order valence-electron chi connectivity index (χ3n) is 2.54. The molecule has 0 saturated carbocycles. The molecule has 2 heterocycles. The summed E-state index contributed by atoms with van der Waals surface area (Å²) in [6.45, 7) is 0.778. The van der Waals surface area contributed by atoms with Gasteiger partial charge in [0.15, 0.2) is 15.5 Å². The van der Waals surface area contributed by atoms with Gasteiger partial charge in [0, 0.05) is 13.1 Å². The fraction of sp³-hybridized carbons (Fsp3) is 0.556. The zero-order chi connectivity index (χ0) is 12.5. The second kappa shape index (κ2) is 4.36. The molecule has 7 nitrogen and oxygen atoms in total. The molecule has 1 aromatic heterocycles. The molecule has 2 rings (SSSR count). The minimum atomic E-state index is -3.00. The van der Waals surface area contributed by atoms with Gasteiger partial charge in [0.25, 0.3) is 6.01 Å². The molecule has 94 valence electrons. The number of sulfone groups is 1. The average Bonchev–Trinajstić information content (AvgIpc) is 2.65. The Balaban J connectivity index is 2.14. The van der Waals surface area contributed by atoms with Gasteiger partial charge in [-0.05, 0) is 6.42 Å². The van der Waals surface area contributed by atoms with E-state index in [4.69, 9.17) is 9.52 Å². The normalized spacial score (nSPS) is 19.9. The Bertz CT molecular complexity index is 521. The van der Waals surface area contributed by atoms with Crippen LogP contribution in [0.1, 0.15) is 16.9 Å². The maximum atomic E-state index is 11.4. The highest BCUT2D eigenvalue weighted by atomic mass is 32.2. The number of aromatic carboxylic acids is 1. The lowest BCUT2D eigenvalue weighted by molar-refractivity contribution is 0.0690. The molecular formula is C9H12N2O5S. The van der Waals surface area contributed by atoms with E-state index in [-0.39, 0.29) is 29.8 Å². The van der Waals surface area contributed by atoms with Crippen LogP contribution in [0.15, 0.2) is 10.7 Å². The number of oxazole rings is 1. The predicted molar refractivity (Wildman–Crippen MR) is 58.9 cm³/mol. The molecule has 0 spiro atoms. The molecule has 1 aliphatic heterocycles. The smallest absolute Gasteiger partial charge is 0.357 e. The average molecular weight is 260 g/mol. The Morgan fingerprint density at radius 3 is 2.82 bits per heavy atom. The first kappa shape index (κ1) is 11.9.